The summed E-state index contributed by atoms with van der Waals surface area (Å²) in [7, 11) is 1.75. The number of carbonyl (C=O) groups excluding carboxylic acids is 1. The van der Waals surface area contributed by atoms with Crippen molar-refractivity contribution in [3.8, 4) is 0 Å². The summed E-state index contributed by atoms with van der Waals surface area (Å²) in [5.41, 5.74) is 0. The minimum atomic E-state index is -0.302. The molecule has 0 bridgehead atoms. The minimum absolute atomic E-state index is 0.0379. The zero-order valence-electron chi connectivity index (χ0n) is 7.08. The molecule has 1 N–H and O–H groups in total. The molecular formula is C8H15NO2. The lowest BCUT2D eigenvalue weighted by atomic mass is 10.2. The lowest BCUT2D eigenvalue weighted by Gasteiger charge is -2.25. The predicted octanol–water partition coefficient (Wildman–Crippen LogP) is 0.378. The van der Waals surface area contributed by atoms with E-state index in [2.05, 4.69) is 0 Å². The van der Waals surface area contributed by atoms with E-state index in [0.717, 1.165) is 19.3 Å². The molecule has 0 heterocycles. The van der Waals surface area contributed by atoms with Crippen LogP contribution >= 0.6 is 0 Å². The minimum Gasteiger partial charge on any atom is -0.391 e. The highest BCUT2D eigenvalue weighted by atomic mass is 16.3. The number of likely N-dealkylation sites (N-methyl/N-ethyl adjacent to an activating group) is 1. The molecule has 0 radical (unpaired) electrons. The molecule has 1 saturated carbocycles. The Bertz CT molecular complexity index is 158. The molecule has 11 heavy (non-hydrogen) atoms. The van der Waals surface area contributed by atoms with Crippen LogP contribution in [0.15, 0.2) is 0 Å². The maximum Gasteiger partial charge on any atom is 0.219 e. The summed E-state index contributed by atoms with van der Waals surface area (Å²) < 4.78 is 0. The van der Waals surface area contributed by atoms with Gasteiger partial charge in [0.2, 0.25) is 5.91 Å². The largest absolute Gasteiger partial charge is 0.391 e. The average Bonchev–Trinajstić information content (AvgIpc) is 2.33. The van der Waals surface area contributed by atoms with Crippen molar-refractivity contribution in [1.29, 1.82) is 0 Å². The van der Waals surface area contributed by atoms with Gasteiger partial charge in [0.05, 0.1) is 12.1 Å². The summed E-state index contributed by atoms with van der Waals surface area (Å²) >= 11 is 0. The topological polar surface area (TPSA) is 40.5 Å². The van der Waals surface area contributed by atoms with E-state index in [1.807, 2.05) is 0 Å². The fraction of sp³-hybridized carbons (Fsp3) is 0.875. The second-order valence-corrected chi connectivity index (χ2v) is 3.20. The van der Waals surface area contributed by atoms with E-state index < -0.39 is 0 Å². The SMILES string of the molecule is CC(=O)N(C)[C@@H]1CCC[C@H]1O. The molecule has 0 unspecified atom stereocenters. The van der Waals surface area contributed by atoms with E-state index in [0.29, 0.717) is 0 Å². The quantitative estimate of drug-likeness (QED) is 0.597. The average molecular weight is 157 g/mol. The zero-order chi connectivity index (χ0) is 8.43. The molecule has 1 fully saturated rings. The van der Waals surface area contributed by atoms with Crippen LogP contribution in [-0.2, 0) is 4.79 Å². The van der Waals surface area contributed by atoms with E-state index >= 15 is 0 Å². The van der Waals surface area contributed by atoms with Crippen LogP contribution in [0.2, 0.25) is 0 Å². The normalized spacial score (nSPS) is 30.5. The van der Waals surface area contributed by atoms with Gasteiger partial charge in [-0.1, -0.05) is 0 Å². The molecule has 3 heteroatoms. The highest BCUT2D eigenvalue weighted by Crippen LogP contribution is 2.22. The summed E-state index contributed by atoms with van der Waals surface area (Å²) in [6, 6.07) is 0.0625. The number of aliphatic hydroxyl groups is 1. The third-order valence-corrected chi connectivity index (χ3v) is 2.44. The van der Waals surface area contributed by atoms with Gasteiger partial charge in [-0.2, -0.15) is 0 Å². The van der Waals surface area contributed by atoms with Gasteiger partial charge in [0.15, 0.2) is 0 Å². The molecule has 0 saturated heterocycles. The summed E-state index contributed by atoms with van der Waals surface area (Å²) in [4.78, 5) is 12.5. The number of nitrogens with zero attached hydrogens (tertiary/aromatic N) is 1. The molecule has 3 nitrogen and oxygen atoms in total. The van der Waals surface area contributed by atoms with Crippen molar-refractivity contribution < 1.29 is 9.90 Å². The van der Waals surface area contributed by atoms with Crippen molar-refractivity contribution in [1.82, 2.24) is 4.90 Å². The van der Waals surface area contributed by atoms with Gasteiger partial charge >= 0.3 is 0 Å². The maximum atomic E-state index is 10.9. The van der Waals surface area contributed by atoms with Crippen LogP contribution in [0, 0.1) is 0 Å². The van der Waals surface area contributed by atoms with Crippen LogP contribution in [0.4, 0.5) is 0 Å². The van der Waals surface area contributed by atoms with Crippen molar-refractivity contribution in [2.24, 2.45) is 0 Å². The number of hydrogen-bond donors (Lipinski definition) is 1. The van der Waals surface area contributed by atoms with Crippen LogP contribution in [0.5, 0.6) is 0 Å². The third-order valence-electron chi connectivity index (χ3n) is 2.44. The second-order valence-electron chi connectivity index (χ2n) is 3.20. The standard InChI is InChI=1S/C8H15NO2/c1-6(10)9(2)7-4-3-5-8(7)11/h7-8,11H,3-5H2,1-2H3/t7-,8-/m1/s1. The van der Waals surface area contributed by atoms with Gasteiger partial charge < -0.3 is 10.0 Å². The van der Waals surface area contributed by atoms with Gasteiger partial charge in [-0.3, -0.25) is 4.79 Å². The Morgan fingerprint density at radius 3 is 2.55 bits per heavy atom. The zero-order valence-corrected chi connectivity index (χ0v) is 7.08. The first-order valence-corrected chi connectivity index (χ1v) is 4.04. The molecule has 0 spiro atoms. The molecule has 1 amide bonds. The Hall–Kier alpha value is -0.570. The van der Waals surface area contributed by atoms with Crippen molar-refractivity contribution >= 4 is 5.91 Å². The lowest BCUT2D eigenvalue weighted by Crippen LogP contribution is -2.40. The predicted molar refractivity (Wildman–Crippen MR) is 42.1 cm³/mol. The van der Waals surface area contributed by atoms with Gasteiger partial charge in [0.25, 0.3) is 0 Å². The van der Waals surface area contributed by atoms with Crippen LogP contribution in [-0.4, -0.2) is 35.1 Å². The number of amides is 1. The molecule has 1 aliphatic carbocycles. The van der Waals surface area contributed by atoms with Crippen LogP contribution in [0.1, 0.15) is 26.2 Å². The fourth-order valence-corrected chi connectivity index (χ4v) is 1.61. The summed E-state index contributed by atoms with van der Waals surface area (Å²) in [6.45, 7) is 1.53. The fourth-order valence-electron chi connectivity index (χ4n) is 1.61. The first-order chi connectivity index (χ1) is 5.13. The Morgan fingerprint density at radius 1 is 1.55 bits per heavy atom. The molecule has 0 aromatic carbocycles. The molecular weight excluding hydrogens is 142 g/mol. The third kappa shape index (κ3) is 1.71. The molecule has 0 aliphatic heterocycles. The number of hydrogen-bond acceptors (Lipinski definition) is 2. The van der Waals surface area contributed by atoms with Gasteiger partial charge in [-0.05, 0) is 19.3 Å². The molecule has 1 aliphatic rings. The van der Waals surface area contributed by atoms with E-state index in [4.69, 9.17) is 0 Å². The molecule has 1 rings (SSSR count). The molecule has 0 aromatic heterocycles. The second kappa shape index (κ2) is 3.22. The monoisotopic (exact) mass is 157 g/mol. The van der Waals surface area contributed by atoms with Gasteiger partial charge in [0.1, 0.15) is 0 Å². The van der Waals surface area contributed by atoms with E-state index in [1.165, 1.54) is 6.92 Å². The molecule has 0 aromatic rings. The first-order valence-electron chi connectivity index (χ1n) is 4.04. The van der Waals surface area contributed by atoms with Crippen molar-refractivity contribution in [3.63, 3.8) is 0 Å². The smallest absolute Gasteiger partial charge is 0.219 e. The summed E-state index contributed by atoms with van der Waals surface area (Å²) in [5.74, 6) is 0.0379. The Kier molecular flexibility index (Phi) is 2.49. The van der Waals surface area contributed by atoms with E-state index in [1.54, 1.807) is 11.9 Å². The number of carbonyl (C=O) groups is 1. The number of aliphatic hydroxyl groups excluding tert-OH is 1. The van der Waals surface area contributed by atoms with Gasteiger partial charge in [0, 0.05) is 14.0 Å². The highest BCUT2D eigenvalue weighted by molar-refractivity contribution is 5.73. The maximum absolute atomic E-state index is 10.9. The van der Waals surface area contributed by atoms with Crippen LogP contribution in [0.25, 0.3) is 0 Å². The molecule has 2 atom stereocenters. The Morgan fingerprint density at radius 2 is 2.18 bits per heavy atom. The lowest BCUT2D eigenvalue weighted by molar-refractivity contribution is -0.131. The van der Waals surface area contributed by atoms with E-state index in [9.17, 15) is 9.90 Å². The van der Waals surface area contributed by atoms with Gasteiger partial charge in [-0.15, -0.1) is 0 Å². The number of rotatable bonds is 1. The van der Waals surface area contributed by atoms with Crippen LogP contribution in [0.3, 0.4) is 0 Å². The first kappa shape index (κ1) is 8.53. The van der Waals surface area contributed by atoms with Crippen LogP contribution < -0.4 is 0 Å². The molecule has 64 valence electrons. The highest BCUT2D eigenvalue weighted by Gasteiger charge is 2.29. The van der Waals surface area contributed by atoms with Gasteiger partial charge in [-0.25, -0.2) is 0 Å². The Balaban J connectivity index is 2.52. The van der Waals surface area contributed by atoms with E-state index in [-0.39, 0.29) is 18.1 Å². The van der Waals surface area contributed by atoms with Crippen molar-refractivity contribution in [2.75, 3.05) is 7.05 Å². The summed E-state index contributed by atoms with van der Waals surface area (Å²) in [5, 5.41) is 9.41. The summed E-state index contributed by atoms with van der Waals surface area (Å²) in [6.07, 6.45) is 2.51. The van der Waals surface area contributed by atoms with Crippen molar-refractivity contribution in [3.05, 3.63) is 0 Å². The van der Waals surface area contributed by atoms with Crippen molar-refractivity contribution in [2.45, 2.75) is 38.3 Å². The Labute approximate surface area is 67.0 Å².